The first kappa shape index (κ1) is 15.8. The average Bonchev–Trinajstić information content (AvgIpc) is 3.31. The zero-order valence-electron chi connectivity index (χ0n) is 13.5. The summed E-state index contributed by atoms with van der Waals surface area (Å²) in [4.78, 5) is 18.8. The van der Waals surface area contributed by atoms with Gasteiger partial charge in [-0.15, -0.1) is 11.3 Å². The van der Waals surface area contributed by atoms with Crippen LogP contribution in [0.4, 0.5) is 0 Å². The molecule has 0 spiro atoms. The molecule has 1 aliphatic carbocycles. The van der Waals surface area contributed by atoms with E-state index in [1.54, 1.807) is 11.3 Å². The van der Waals surface area contributed by atoms with E-state index in [2.05, 4.69) is 21.5 Å². The van der Waals surface area contributed by atoms with Gasteiger partial charge in [-0.25, -0.2) is 0 Å². The molecule has 4 rings (SSSR count). The maximum absolute atomic E-state index is 12.4. The highest BCUT2D eigenvalue weighted by Gasteiger charge is 2.24. The number of aromatic nitrogens is 2. The minimum Gasteiger partial charge on any atom is -0.368 e. The molecule has 2 aromatic heterocycles. The van der Waals surface area contributed by atoms with Crippen molar-refractivity contribution >= 4 is 17.2 Å². The van der Waals surface area contributed by atoms with Crippen molar-refractivity contribution in [3.05, 3.63) is 33.1 Å². The van der Waals surface area contributed by atoms with Gasteiger partial charge < -0.3 is 14.6 Å². The molecule has 0 bridgehead atoms. The number of nitrogens with zero attached hydrogens (tertiary/aromatic N) is 2. The first-order chi connectivity index (χ1) is 11.8. The quantitative estimate of drug-likeness (QED) is 0.860. The predicted octanol–water partition coefficient (Wildman–Crippen LogP) is 3.18. The van der Waals surface area contributed by atoms with E-state index >= 15 is 0 Å². The Bertz CT molecular complexity index is 695. The Balaban J connectivity index is 1.36. The van der Waals surface area contributed by atoms with Crippen molar-refractivity contribution < 1.29 is 14.1 Å². The van der Waals surface area contributed by atoms with E-state index in [9.17, 15) is 4.79 Å². The second-order valence-corrected chi connectivity index (χ2v) is 7.49. The Kier molecular flexibility index (Phi) is 4.62. The minimum absolute atomic E-state index is 0.0588. The molecule has 2 aliphatic rings. The van der Waals surface area contributed by atoms with Gasteiger partial charge in [0, 0.05) is 11.5 Å². The van der Waals surface area contributed by atoms with Crippen LogP contribution < -0.4 is 5.32 Å². The number of fused-ring (bicyclic) bond motifs is 1. The molecule has 1 N–H and O–H groups in total. The molecule has 1 aliphatic heterocycles. The number of carbonyl (C=O) groups is 1. The number of hydrogen-bond donors (Lipinski definition) is 1. The zero-order chi connectivity index (χ0) is 16.4. The van der Waals surface area contributed by atoms with Crippen molar-refractivity contribution in [2.75, 3.05) is 6.61 Å². The van der Waals surface area contributed by atoms with Crippen LogP contribution in [0.2, 0.25) is 0 Å². The number of hydrogen-bond acceptors (Lipinski definition) is 6. The monoisotopic (exact) mass is 347 g/mol. The van der Waals surface area contributed by atoms with Crippen LogP contribution in [0.25, 0.3) is 0 Å². The summed E-state index contributed by atoms with van der Waals surface area (Å²) in [5.74, 6) is 0.947. The van der Waals surface area contributed by atoms with E-state index in [0.717, 1.165) is 37.2 Å². The number of thiophene rings is 1. The van der Waals surface area contributed by atoms with Crippen LogP contribution in [-0.2, 0) is 24.1 Å². The maximum atomic E-state index is 12.4. The molecule has 0 radical (unpaired) electrons. The van der Waals surface area contributed by atoms with Crippen molar-refractivity contribution in [3.8, 4) is 0 Å². The Morgan fingerprint density at radius 3 is 3.08 bits per heavy atom. The molecule has 6 nitrogen and oxygen atoms in total. The van der Waals surface area contributed by atoms with Gasteiger partial charge in [-0.3, -0.25) is 4.79 Å². The summed E-state index contributed by atoms with van der Waals surface area (Å²) < 4.78 is 10.8. The molecule has 3 heterocycles. The number of ether oxygens (including phenoxy) is 1. The summed E-state index contributed by atoms with van der Waals surface area (Å²) in [7, 11) is 0. The van der Waals surface area contributed by atoms with Crippen LogP contribution in [0.3, 0.4) is 0 Å². The van der Waals surface area contributed by atoms with Crippen LogP contribution in [0.5, 0.6) is 0 Å². The summed E-state index contributed by atoms with van der Waals surface area (Å²) in [6.45, 7) is 1.01. The molecular weight excluding hydrogens is 326 g/mol. The molecular formula is C17H21N3O3S. The van der Waals surface area contributed by atoms with E-state index in [1.165, 1.54) is 29.7 Å². The van der Waals surface area contributed by atoms with Crippen molar-refractivity contribution in [3.63, 3.8) is 0 Å². The van der Waals surface area contributed by atoms with Gasteiger partial charge in [-0.1, -0.05) is 11.6 Å². The first-order valence-corrected chi connectivity index (χ1v) is 9.45. The van der Waals surface area contributed by atoms with E-state index < -0.39 is 0 Å². The number of nitrogens with one attached hydrogen (secondary N) is 1. The highest BCUT2D eigenvalue weighted by Crippen LogP contribution is 2.29. The van der Waals surface area contributed by atoms with Crippen molar-refractivity contribution in [1.29, 1.82) is 0 Å². The van der Waals surface area contributed by atoms with Crippen LogP contribution in [0.15, 0.2) is 10.6 Å². The predicted molar refractivity (Wildman–Crippen MR) is 89.0 cm³/mol. The van der Waals surface area contributed by atoms with Gasteiger partial charge in [-0.05, 0) is 50.2 Å². The van der Waals surface area contributed by atoms with Crippen molar-refractivity contribution in [2.24, 2.45) is 0 Å². The lowest BCUT2D eigenvalue weighted by Gasteiger charge is -2.01. The smallest absolute Gasteiger partial charge is 0.261 e. The van der Waals surface area contributed by atoms with Crippen LogP contribution in [0, 0.1) is 0 Å². The molecule has 128 valence electrons. The second kappa shape index (κ2) is 7.03. The fourth-order valence-corrected chi connectivity index (χ4v) is 4.44. The molecule has 0 unspecified atom stereocenters. The van der Waals surface area contributed by atoms with Gasteiger partial charge >= 0.3 is 0 Å². The van der Waals surface area contributed by atoms with E-state index in [1.807, 2.05) is 0 Å². The Labute approximate surface area is 144 Å². The fraction of sp³-hybridized carbons (Fsp3) is 0.588. The standard InChI is InChI=1S/C17H21N3O3S/c21-16(14-9-11-5-2-1-3-7-13(11)24-14)18-10-15-19-17(23-20-15)12-6-4-8-22-12/h9,12H,1-8,10H2,(H,18,21)/t12-/m1/s1. The third-order valence-corrected chi connectivity index (χ3v) is 5.80. The molecule has 0 aromatic carbocycles. The lowest BCUT2D eigenvalue weighted by Crippen LogP contribution is -2.22. The second-order valence-electron chi connectivity index (χ2n) is 6.35. The highest BCUT2D eigenvalue weighted by molar-refractivity contribution is 7.14. The topological polar surface area (TPSA) is 77.2 Å². The third-order valence-electron chi connectivity index (χ3n) is 4.57. The normalized spacial score (nSPS) is 20.6. The van der Waals surface area contributed by atoms with Crippen LogP contribution in [-0.4, -0.2) is 22.7 Å². The molecule has 24 heavy (non-hydrogen) atoms. The molecule has 1 fully saturated rings. The van der Waals surface area contributed by atoms with Crippen molar-refractivity contribution in [2.45, 2.75) is 57.6 Å². The average molecular weight is 347 g/mol. The van der Waals surface area contributed by atoms with Crippen molar-refractivity contribution in [1.82, 2.24) is 15.5 Å². The summed E-state index contributed by atoms with van der Waals surface area (Å²) in [6.07, 6.45) is 7.76. The van der Waals surface area contributed by atoms with Gasteiger partial charge in [0.1, 0.15) is 6.10 Å². The largest absolute Gasteiger partial charge is 0.368 e. The van der Waals surface area contributed by atoms with Gasteiger partial charge in [0.25, 0.3) is 11.8 Å². The molecule has 1 amide bonds. The number of amides is 1. The highest BCUT2D eigenvalue weighted by atomic mass is 32.1. The first-order valence-electron chi connectivity index (χ1n) is 8.63. The minimum atomic E-state index is -0.0880. The number of carbonyl (C=O) groups excluding carboxylic acids is 1. The zero-order valence-corrected chi connectivity index (χ0v) is 14.4. The molecule has 0 saturated carbocycles. The van der Waals surface area contributed by atoms with Crippen LogP contribution >= 0.6 is 11.3 Å². The molecule has 7 heteroatoms. The summed E-state index contributed by atoms with van der Waals surface area (Å²) in [6, 6.07) is 2.05. The lowest BCUT2D eigenvalue weighted by atomic mass is 10.1. The molecule has 1 saturated heterocycles. The summed E-state index contributed by atoms with van der Waals surface area (Å²) >= 11 is 1.62. The SMILES string of the molecule is O=C(NCc1noc([C@H]2CCCO2)n1)c1cc2c(s1)CCCCC2. The van der Waals surface area contributed by atoms with Gasteiger partial charge in [-0.2, -0.15) is 4.98 Å². The van der Waals surface area contributed by atoms with E-state index in [-0.39, 0.29) is 18.6 Å². The fourth-order valence-electron chi connectivity index (χ4n) is 3.27. The number of aryl methyl sites for hydroxylation is 2. The lowest BCUT2D eigenvalue weighted by molar-refractivity contribution is 0.0835. The Morgan fingerprint density at radius 1 is 1.29 bits per heavy atom. The van der Waals surface area contributed by atoms with Gasteiger partial charge in [0.2, 0.25) is 0 Å². The van der Waals surface area contributed by atoms with Crippen LogP contribution in [0.1, 0.15) is 70.0 Å². The van der Waals surface area contributed by atoms with E-state index in [4.69, 9.17) is 9.26 Å². The third kappa shape index (κ3) is 3.37. The number of rotatable bonds is 4. The summed E-state index contributed by atoms with van der Waals surface area (Å²) in [5, 5.41) is 6.82. The molecule has 1 atom stereocenters. The molecule has 2 aromatic rings. The van der Waals surface area contributed by atoms with Gasteiger partial charge in [0.05, 0.1) is 11.4 Å². The van der Waals surface area contributed by atoms with Gasteiger partial charge in [0.15, 0.2) is 5.82 Å². The summed E-state index contributed by atoms with van der Waals surface area (Å²) in [5.41, 5.74) is 1.35. The van der Waals surface area contributed by atoms with E-state index in [0.29, 0.717) is 11.7 Å². The Hall–Kier alpha value is -1.73. The maximum Gasteiger partial charge on any atom is 0.261 e. The Morgan fingerprint density at radius 2 is 2.21 bits per heavy atom.